The maximum atomic E-state index is 13.6. The number of aliphatic carboxylic acids is 1. The van der Waals surface area contributed by atoms with Gasteiger partial charge >= 0.3 is 5.97 Å². The Labute approximate surface area is 303 Å². The van der Waals surface area contributed by atoms with Crippen molar-refractivity contribution in [3.05, 3.63) is 103 Å². The highest BCUT2D eigenvalue weighted by Crippen LogP contribution is 2.40. The van der Waals surface area contributed by atoms with Gasteiger partial charge < -0.3 is 20.3 Å². The van der Waals surface area contributed by atoms with Crippen molar-refractivity contribution in [1.82, 2.24) is 0 Å². The van der Waals surface area contributed by atoms with Crippen LogP contribution in [0.2, 0.25) is 0 Å². The third-order valence-electron chi connectivity index (χ3n) is 10.1. The van der Waals surface area contributed by atoms with Gasteiger partial charge in [0, 0.05) is 58.1 Å². The van der Waals surface area contributed by atoms with Gasteiger partial charge in [-0.1, -0.05) is 76.2 Å². The number of carbonyl (C=O) groups is 2. The van der Waals surface area contributed by atoms with Crippen LogP contribution in [0.1, 0.15) is 137 Å². The van der Waals surface area contributed by atoms with Gasteiger partial charge in [0.1, 0.15) is 6.29 Å². The summed E-state index contributed by atoms with van der Waals surface area (Å²) in [6.07, 6.45) is 9.17. The van der Waals surface area contributed by atoms with E-state index in [1.807, 2.05) is 19.9 Å². The van der Waals surface area contributed by atoms with Crippen LogP contribution in [0.15, 0.2) is 48.5 Å². The molecule has 0 amide bonds. The molecule has 0 bridgehead atoms. The standard InChI is InChI=1S/C44H54N2O5/c1-28(2)32-14-12-30(5)41-34(22-36(38(41)24-32)26-45(50)43(7,8)19-11-21-47)16-17-35-23-37(27-46(51)44(9,10)20-18-40(48)49)39-25-33(29(3)4)15-13-31(6)42(35)39/h12-17,21-29H,11,18-20H2,1-10H3,(H,48,49)/b17-16+,45-26-,46-27-. The molecule has 0 aromatic carbocycles. The van der Waals surface area contributed by atoms with Crippen molar-refractivity contribution in [2.24, 2.45) is 0 Å². The second-order valence-electron chi connectivity index (χ2n) is 15.8. The van der Waals surface area contributed by atoms with Crippen LogP contribution in [0, 0.1) is 24.3 Å². The quantitative estimate of drug-likeness (QED) is 0.0466. The molecule has 1 N–H and O–H groups in total. The third-order valence-corrected chi connectivity index (χ3v) is 10.1. The summed E-state index contributed by atoms with van der Waals surface area (Å²) < 4.78 is 1.87. The Morgan fingerprint density at radius 3 is 1.49 bits per heavy atom. The Bertz CT molecular complexity index is 1940. The van der Waals surface area contributed by atoms with E-state index in [2.05, 4.69) is 96.2 Å². The minimum atomic E-state index is -0.929. The molecular weight excluding hydrogens is 636 g/mol. The van der Waals surface area contributed by atoms with Gasteiger partial charge in [-0.15, -0.1) is 0 Å². The van der Waals surface area contributed by atoms with E-state index in [9.17, 15) is 25.1 Å². The van der Waals surface area contributed by atoms with Gasteiger partial charge in [0.05, 0.1) is 6.42 Å². The van der Waals surface area contributed by atoms with Crippen LogP contribution in [0.5, 0.6) is 0 Å². The summed E-state index contributed by atoms with van der Waals surface area (Å²) in [6, 6.07) is 17.0. The molecule has 4 rings (SSSR count). The van der Waals surface area contributed by atoms with E-state index in [4.69, 9.17) is 0 Å². The number of carboxylic acid groups (broad SMARTS) is 1. The Hall–Kier alpha value is -4.78. The fourth-order valence-corrected chi connectivity index (χ4v) is 6.49. The molecule has 0 fully saturated rings. The Morgan fingerprint density at radius 2 is 1.12 bits per heavy atom. The number of fused-ring (bicyclic) bond motifs is 2. The van der Waals surface area contributed by atoms with Crippen molar-refractivity contribution >= 4 is 36.8 Å². The summed E-state index contributed by atoms with van der Waals surface area (Å²) in [7, 11) is 0. The lowest BCUT2D eigenvalue weighted by Crippen LogP contribution is -2.34. The van der Waals surface area contributed by atoms with E-state index in [1.54, 1.807) is 26.3 Å². The number of nitrogens with zero attached hydrogens (tertiary/aromatic N) is 2. The first-order valence-electron chi connectivity index (χ1n) is 18.0. The van der Waals surface area contributed by atoms with E-state index in [0.29, 0.717) is 12.8 Å². The van der Waals surface area contributed by atoms with E-state index < -0.39 is 17.0 Å². The lowest BCUT2D eigenvalue weighted by Gasteiger charge is -2.23. The van der Waals surface area contributed by atoms with Crippen LogP contribution in [0.3, 0.4) is 0 Å². The van der Waals surface area contributed by atoms with Gasteiger partial charge in [0.25, 0.3) is 0 Å². The van der Waals surface area contributed by atoms with Crippen LogP contribution in [0.4, 0.5) is 0 Å². The average Bonchev–Trinajstić information content (AvgIpc) is 3.42. The zero-order valence-corrected chi connectivity index (χ0v) is 32.0. The molecule has 0 atom stereocenters. The van der Waals surface area contributed by atoms with Crippen LogP contribution in [0.25, 0.3) is 34.4 Å². The zero-order valence-electron chi connectivity index (χ0n) is 32.0. The van der Waals surface area contributed by atoms with Crippen LogP contribution in [-0.2, 0) is 9.59 Å². The monoisotopic (exact) mass is 690 g/mol. The molecule has 0 unspecified atom stereocenters. The number of hydrogen-bond acceptors (Lipinski definition) is 4. The maximum Gasteiger partial charge on any atom is 0.303 e. The first kappa shape index (κ1) is 39.0. The molecule has 7 heteroatoms. The third kappa shape index (κ3) is 8.94. The van der Waals surface area contributed by atoms with Gasteiger partial charge in [-0.2, -0.15) is 0 Å². The predicted octanol–water partition coefficient (Wildman–Crippen LogP) is 10.2. The minimum Gasteiger partial charge on any atom is -0.623 e. The number of hydroxylamine groups is 2. The van der Waals surface area contributed by atoms with Crippen LogP contribution in [-0.4, -0.2) is 50.3 Å². The highest BCUT2D eigenvalue weighted by atomic mass is 16.5. The maximum absolute atomic E-state index is 13.6. The molecule has 4 aliphatic carbocycles. The molecule has 7 nitrogen and oxygen atoms in total. The SMILES string of the molecule is Cc1ccc(C(C)C)cc2c(/C=[N+](\[O-])C(C)(C)CCC=O)cc(/C=C/c3cc(/C=[N+](\[O-])C(C)(C)CCC(=O)O)c4cc(C(C)C)ccc(C)c3-4)c1-2. The minimum absolute atomic E-state index is 0.0932. The Kier molecular flexibility index (Phi) is 12.0. The van der Waals surface area contributed by atoms with Crippen LogP contribution < -0.4 is 0 Å². The number of rotatable bonds is 14. The van der Waals surface area contributed by atoms with E-state index in [1.165, 1.54) is 5.56 Å². The topological polar surface area (TPSA) is 107 Å². The number of aldehydes is 1. The highest BCUT2D eigenvalue weighted by Gasteiger charge is 2.29. The molecule has 0 saturated heterocycles. The van der Waals surface area contributed by atoms with E-state index in [-0.39, 0.29) is 24.7 Å². The fourth-order valence-electron chi connectivity index (χ4n) is 6.49. The molecular formula is C44H54N2O5. The molecule has 0 spiro atoms. The number of carbonyl (C=O) groups excluding carboxylic acids is 1. The fraction of sp³-hybridized carbons (Fsp3) is 0.409. The molecule has 4 aliphatic rings. The summed E-state index contributed by atoms with van der Waals surface area (Å²) in [4.78, 5) is 22.4. The summed E-state index contributed by atoms with van der Waals surface area (Å²) in [5.74, 6) is -0.374. The highest BCUT2D eigenvalue weighted by molar-refractivity contribution is 6.00. The molecule has 0 aromatic heterocycles. The lowest BCUT2D eigenvalue weighted by atomic mass is 9.98. The molecule has 0 aromatic rings. The smallest absolute Gasteiger partial charge is 0.303 e. The van der Waals surface area contributed by atoms with Crippen molar-refractivity contribution in [1.29, 1.82) is 0 Å². The van der Waals surface area contributed by atoms with Crippen molar-refractivity contribution < 1.29 is 24.2 Å². The Balaban J connectivity index is 1.94. The second-order valence-corrected chi connectivity index (χ2v) is 15.8. The number of aryl methyl sites for hydroxylation is 2. The van der Waals surface area contributed by atoms with Gasteiger partial charge in [0.2, 0.25) is 0 Å². The zero-order chi connectivity index (χ0) is 37.8. The second kappa shape index (κ2) is 15.6. The first-order valence-corrected chi connectivity index (χ1v) is 18.0. The number of carboxylic acids is 1. The molecule has 0 radical (unpaired) electrons. The normalized spacial score (nSPS) is 13.3. The molecule has 0 aliphatic heterocycles. The van der Waals surface area contributed by atoms with E-state index >= 15 is 0 Å². The van der Waals surface area contributed by atoms with Crippen LogP contribution >= 0.6 is 0 Å². The molecule has 51 heavy (non-hydrogen) atoms. The largest absolute Gasteiger partial charge is 0.623 e. The first-order chi connectivity index (χ1) is 23.9. The average molecular weight is 691 g/mol. The van der Waals surface area contributed by atoms with Crippen molar-refractivity contribution in [2.75, 3.05) is 0 Å². The van der Waals surface area contributed by atoms with Crippen molar-refractivity contribution in [3.8, 4) is 22.3 Å². The molecule has 0 saturated carbocycles. The van der Waals surface area contributed by atoms with E-state index in [0.717, 1.165) is 77.0 Å². The lowest BCUT2D eigenvalue weighted by molar-refractivity contribution is -0.537. The molecule has 0 heterocycles. The summed E-state index contributed by atoms with van der Waals surface area (Å²) in [5, 5.41) is 36.4. The van der Waals surface area contributed by atoms with Gasteiger partial charge in [-0.3, -0.25) is 4.79 Å². The van der Waals surface area contributed by atoms with Crippen molar-refractivity contribution in [2.45, 2.75) is 118 Å². The summed E-state index contributed by atoms with van der Waals surface area (Å²) >= 11 is 0. The molecule has 270 valence electrons. The predicted molar refractivity (Wildman–Crippen MR) is 211 cm³/mol. The Morgan fingerprint density at radius 1 is 0.706 bits per heavy atom. The van der Waals surface area contributed by atoms with Gasteiger partial charge in [0.15, 0.2) is 23.5 Å². The summed E-state index contributed by atoms with van der Waals surface area (Å²) in [6.45, 7) is 20.0. The number of hydrogen-bond donors (Lipinski definition) is 1. The van der Waals surface area contributed by atoms with Gasteiger partial charge in [-0.25, -0.2) is 9.48 Å². The van der Waals surface area contributed by atoms with Crippen molar-refractivity contribution in [3.63, 3.8) is 0 Å². The van der Waals surface area contributed by atoms with Gasteiger partial charge in [-0.05, 0) is 93.5 Å². The summed E-state index contributed by atoms with van der Waals surface area (Å²) in [5.41, 5.74) is 10.4.